The predicted octanol–water partition coefficient (Wildman–Crippen LogP) is 3.23. The van der Waals surface area contributed by atoms with Crippen molar-refractivity contribution in [1.82, 2.24) is 9.88 Å². The number of fused-ring (bicyclic) bond motifs is 1. The van der Waals surface area contributed by atoms with Crippen molar-refractivity contribution in [3.63, 3.8) is 0 Å². The summed E-state index contributed by atoms with van der Waals surface area (Å²) in [5, 5.41) is 8.56. The molecule has 170 valence electrons. The molecule has 3 N–H and O–H groups in total. The zero-order valence-corrected chi connectivity index (χ0v) is 18.1. The molecule has 1 aromatic rings. The molecular weight excluding hydrogens is 404 g/mol. The van der Waals surface area contributed by atoms with E-state index in [1.54, 1.807) is 0 Å². The SMILES string of the molecule is CC(C)N=C(CC(=N)c1cnc(N)c(OC(F)F)c1)C1C2CC(N3CCOCC3)CC21. The Kier molecular flexibility index (Phi) is 6.52. The summed E-state index contributed by atoms with van der Waals surface area (Å²) >= 11 is 0. The highest BCUT2D eigenvalue weighted by Crippen LogP contribution is 2.59. The van der Waals surface area contributed by atoms with Crippen LogP contribution in [0.4, 0.5) is 14.6 Å². The Balaban J connectivity index is 1.42. The minimum atomic E-state index is -2.99. The Morgan fingerprint density at radius 1 is 1.32 bits per heavy atom. The third-order valence-corrected chi connectivity index (χ3v) is 6.60. The number of nitrogens with two attached hydrogens (primary N) is 1. The van der Waals surface area contributed by atoms with Gasteiger partial charge in [-0.15, -0.1) is 0 Å². The van der Waals surface area contributed by atoms with Crippen molar-refractivity contribution < 1.29 is 18.3 Å². The first-order chi connectivity index (χ1) is 14.8. The molecule has 2 aliphatic carbocycles. The summed E-state index contributed by atoms with van der Waals surface area (Å²) in [6.07, 6.45) is 4.17. The molecule has 1 aromatic heterocycles. The molecule has 0 spiro atoms. The fourth-order valence-corrected chi connectivity index (χ4v) is 5.22. The van der Waals surface area contributed by atoms with Crippen LogP contribution in [0.3, 0.4) is 0 Å². The maximum atomic E-state index is 12.6. The lowest BCUT2D eigenvalue weighted by molar-refractivity contribution is -0.0495. The smallest absolute Gasteiger partial charge is 0.387 e. The molecule has 0 amide bonds. The van der Waals surface area contributed by atoms with Crippen LogP contribution in [0.25, 0.3) is 0 Å². The van der Waals surface area contributed by atoms with E-state index in [-0.39, 0.29) is 17.6 Å². The van der Waals surface area contributed by atoms with E-state index >= 15 is 0 Å². The number of nitrogens with zero attached hydrogens (tertiary/aromatic N) is 3. The van der Waals surface area contributed by atoms with E-state index in [0.717, 1.165) is 32.0 Å². The van der Waals surface area contributed by atoms with Crippen LogP contribution in [0.2, 0.25) is 0 Å². The van der Waals surface area contributed by atoms with E-state index in [9.17, 15) is 8.78 Å². The number of aromatic nitrogens is 1. The van der Waals surface area contributed by atoms with Crippen LogP contribution in [0, 0.1) is 23.2 Å². The van der Waals surface area contributed by atoms with Gasteiger partial charge in [-0.3, -0.25) is 9.89 Å². The number of nitrogen functional groups attached to an aromatic ring is 1. The summed E-state index contributed by atoms with van der Waals surface area (Å²) in [4.78, 5) is 11.3. The molecule has 0 aromatic carbocycles. The van der Waals surface area contributed by atoms with E-state index in [1.807, 2.05) is 13.8 Å². The average molecular weight is 436 g/mol. The number of hydrogen-bond donors (Lipinski definition) is 2. The number of rotatable bonds is 8. The number of halogens is 2. The fraction of sp³-hybridized carbons (Fsp3) is 0.682. The topological polar surface area (TPSA) is 96.8 Å². The molecule has 7 nitrogen and oxygen atoms in total. The minimum absolute atomic E-state index is 0.112. The molecule has 9 heteroatoms. The first-order valence-electron chi connectivity index (χ1n) is 11.0. The number of nitrogens with one attached hydrogen (secondary N) is 1. The van der Waals surface area contributed by atoms with Crippen LogP contribution >= 0.6 is 0 Å². The second kappa shape index (κ2) is 9.16. The summed E-state index contributed by atoms with van der Waals surface area (Å²) in [6, 6.07) is 2.14. The van der Waals surface area contributed by atoms with Gasteiger partial charge < -0.3 is 20.6 Å². The summed E-state index contributed by atoms with van der Waals surface area (Å²) in [5.41, 5.74) is 7.39. The maximum Gasteiger partial charge on any atom is 0.387 e. The van der Waals surface area contributed by atoms with Crippen molar-refractivity contribution in [2.75, 3.05) is 32.0 Å². The van der Waals surface area contributed by atoms with Crippen molar-refractivity contribution in [3.8, 4) is 5.75 Å². The van der Waals surface area contributed by atoms with Crippen molar-refractivity contribution in [2.45, 2.75) is 51.8 Å². The van der Waals surface area contributed by atoms with Gasteiger partial charge in [0.2, 0.25) is 0 Å². The van der Waals surface area contributed by atoms with Gasteiger partial charge in [0.05, 0.1) is 13.2 Å². The molecule has 1 saturated heterocycles. The van der Waals surface area contributed by atoms with Gasteiger partial charge in [0.15, 0.2) is 11.6 Å². The van der Waals surface area contributed by atoms with Gasteiger partial charge in [-0.25, -0.2) is 4.98 Å². The molecule has 1 aliphatic heterocycles. The second-order valence-electron chi connectivity index (χ2n) is 8.98. The molecule has 3 fully saturated rings. The van der Waals surface area contributed by atoms with Gasteiger partial charge in [-0.05, 0) is 44.6 Å². The second-order valence-corrected chi connectivity index (χ2v) is 8.98. The highest BCUT2D eigenvalue weighted by molar-refractivity contribution is 6.12. The molecular formula is C22H31F2N5O2. The van der Waals surface area contributed by atoms with E-state index in [4.69, 9.17) is 20.9 Å². The van der Waals surface area contributed by atoms with Gasteiger partial charge in [-0.1, -0.05) is 0 Å². The molecule has 2 atom stereocenters. The Morgan fingerprint density at radius 2 is 2.00 bits per heavy atom. The zero-order chi connectivity index (χ0) is 22.1. The average Bonchev–Trinajstić information content (AvgIpc) is 3.22. The zero-order valence-electron chi connectivity index (χ0n) is 18.1. The van der Waals surface area contributed by atoms with Crippen molar-refractivity contribution in [3.05, 3.63) is 17.8 Å². The lowest BCUT2D eigenvalue weighted by atomic mass is 9.97. The minimum Gasteiger partial charge on any atom is -0.431 e. The largest absolute Gasteiger partial charge is 0.431 e. The Hall–Kier alpha value is -2.13. The van der Waals surface area contributed by atoms with Crippen LogP contribution in [-0.4, -0.2) is 66.3 Å². The first kappa shape index (κ1) is 22.1. The van der Waals surface area contributed by atoms with Crippen molar-refractivity contribution in [1.29, 1.82) is 5.41 Å². The third-order valence-electron chi connectivity index (χ3n) is 6.60. The molecule has 31 heavy (non-hydrogen) atoms. The highest BCUT2D eigenvalue weighted by atomic mass is 19.3. The molecule has 4 rings (SSSR count). The molecule has 0 bridgehead atoms. The number of anilines is 1. The summed E-state index contributed by atoms with van der Waals surface area (Å²) in [6.45, 7) is 4.75. The normalized spacial score (nSPS) is 28.8. The summed E-state index contributed by atoms with van der Waals surface area (Å²) in [5.74, 6) is 1.36. The highest BCUT2D eigenvalue weighted by Gasteiger charge is 2.58. The van der Waals surface area contributed by atoms with E-state index in [2.05, 4.69) is 14.6 Å². The van der Waals surface area contributed by atoms with Crippen molar-refractivity contribution >= 4 is 17.2 Å². The lowest BCUT2D eigenvalue weighted by Crippen LogP contribution is -2.43. The van der Waals surface area contributed by atoms with Crippen LogP contribution in [0.15, 0.2) is 17.3 Å². The predicted molar refractivity (Wildman–Crippen MR) is 115 cm³/mol. The number of alkyl halides is 2. The lowest BCUT2D eigenvalue weighted by Gasteiger charge is -2.33. The van der Waals surface area contributed by atoms with E-state index in [1.165, 1.54) is 25.1 Å². The van der Waals surface area contributed by atoms with Gasteiger partial charge in [0.1, 0.15) is 0 Å². The van der Waals surface area contributed by atoms with Crippen LogP contribution in [0.5, 0.6) is 5.75 Å². The molecule has 2 saturated carbocycles. The van der Waals surface area contributed by atoms with E-state index < -0.39 is 6.61 Å². The number of ether oxygens (including phenoxy) is 2. The third kappa shape index (κ3) is 5.03. The molecule has 2 heterocycles. The summed E-state index contributed by atoms with van der Waals surface area (Å²) < 4.78 is 35.1. The van der Waals surface area contributed by atoms with Crippen LogP contribution in [0.1, 0.15) is 38.7 Å². The van der Waals surface area contributed by atoms with Gasteiger partial charge >= 0.3 is 6.61 Å². The number of aliphatic imine (C=N–C) groups is 1. The standard InChI is InChI=1S/C22H31F2N5O2/c1-12(2)28-18(10-17(25)13-7-19(31-22(23)24)21(26)27-11-13)20-15-8-14(9-16(15)20)29-3-5-30-6-4-29/h7,11-12,14-16,20,22,25H,3-6,8-10H2,1-2H3,(H2,26,27). The molecule has 0 radical (unpaired) electrons. The number of hydrogen-bond acceptors (Lipinski definition) is 7. The Morgan fingerprint density at radius 3 is 2.61 bits per heavy atom. The molecule has 2 unspecified atom stereocenters. The fourth-order valence-electron chi connectivity index (χ4n) is 5.22. The van der Waals surface area contributed by atoms with E-state index in [0.29, 0.717) is 41.5 Å². The van der Waals surface area contributed by atoms with Crippen LogP contribution in [-0.2, 0) is 4.74 Å². The van der Waals surface area contributed by atoms with Gasteiger partial charge in [0, 0.05) is 60.7 Å². The first-order valence-corrected chi connectivity index (χ1v) is 11.0. The van der Waals surface area contributed by atoms with Crippen LogP contribution < -0.4 is 10.5 Å². The van der Waals surface area contributed by atoms with Crippen molar-refractivity contribution in [2.24, 2.45) is 22.7 Å². The van der Waals surface area contributed by atoms with Gasteiger partial charge in [-0.2, -0.15) is 8.78 Å². The quantitative estimate of drug-likeness (QED) is 0.611. The Bertz CT molecular complexity index is 829. The summed E-state index contributed by atoms with van der Waals surface area (Å²) in [7, 11) is 0. The monoisotopic (exact) mass is 435 g/mol. The maximum absolute atomic E-state index is 12.6. The Labute approximate surface area is 181 Å². The number of morpholine rings is 1. The molecule has 3 aliphatic rings. The number of pyridine rings is 1. The van der Waals surface area contributed by atoms with Gasteiger partial charge in [0.25, 0.3) is 0 Å².